The van der Waals surface area contributed by atoms with E-state index >= 15 is 0 Å². The fraction of sp³-hybridized carbons (Fsp3) is 0.267. The number of aliphatic imine (C=N–C) groups is 1. The van der Waals surface area contributed by atoms with Crippen LogP contribution in [0.25, 0.3) is 0 Å². The molecular formula is C15H12N6O. The maximum atomic E-state index is 9.51. The van der Waals surface area contributed by atoms with Gasteiger partial charge < -0.3 is 4.74 Å². The lowest BCUT2D eigenvalue weighted by molar-refractivity contribution is 0.368. The Morgan fingerprint density at radius 1 is 1.23 bits per heavy atom. The van der Waals surface area contributed by atoms with Gasteiger partial charge in [0, 0.05) is 5.71 Å². The number of ether oxygens (including phenoxy) is 1. The Hall–Kier alpha value is -3.19. The fourth-order valence-corrected chi connectivity index (χ4v) is 2.49. The molecule has 0 bridgehead atoms. The number of methoxy groups -OCH3 is 1. The van der Waals surface area contributed by atoms with Gasteiger partial charge in [0.25, 0.3) is 5.95 Å². The second-order valence-corrected chi connectivity index (χ2v) is 4.88. The molecule has 0 aliphatic carbocycles. The summed E-state index contributed by atoms with van der Waals surface area (Å²) >= 11 is 0. The third-order valence-electron chi connectivity index (χ3n) is 3.60. The Morgan fingerprint density at radius 2 is 1.95 bits per heavy atom. The molecule has 1 aromatic carbocycles. The van der Waals surface area contributed by atoms with Gasteiger partial charge in [-0.3, -0.25) is 0 Å². The first-order chi connectivity index (χ1) is 10.7. The summed E-state index contributed by atoms with van der Waals surface area (Å²) in [6, 6.07) is 11.3. The van der Waals surface area contributed by atoms with Crippen molar-refractivity contribution in [3.63, 3.8) is 0 Å². The molecule has 2 heterocycles. The van der Waals surface area contributed by atoms with Gasteiger partial charge in [0.15, 0.2) is 0 Å². The number of nitrogens with zero attached hydrogens (tertiary/aromatic N) is 6. The van der Waals surface area contributed by atoms with Gasteiger partial charge >= 0.3 is 6.01 Å². The van der Waals surface area contributed by atoms with Crippen molar-refractivity contribution in [1.82, 2.24) is 14.8 Å². The van der Waals surface area contributed by atoms with Crippen LogP contribution in [0.2, 0.25) is 0 Å². The lowest BCUT2D eigenvalue weighted by Gasteiger charge is -2.26. The first-order valence-electron chi connectivity index (χ1n) is 6.63. The van der Waals surface area contributed by atoms with E-state index in [1.807, 2.05) is 12.1 Å². The van der Waals surface area contributed by atoms with E-state index in [9.17, 15) is 5.26 Å². The third kappa shape index (κ3) is 2.09. The molecule has 0 amide bonds. The highest BCUT2D eigenvalue weighted by atomic mass is 16.5. The molecule has 3 rings (SSSR count). The zero-order valence-electron chi connectivity index (χ0n) is 12.1. The number of aromatic nitrogens is 3. The number of hydrogen-bond donors (Lipinski definition) is 0. The van der Waals surface area contributed by atoms with Crippen molar-refractivity contribution < 1.29 is 4.74 Å². The quantitative estimate of drug-likeness (QED) is 0.842. The minimum atomic E-state index is -0.452. The van der Waals surface area contributed by atoms with Crippen LogP contribution in [0.1, 0.15) is 24.1 Å². The molecule has 1 aromatic heterocycles. The van der Waals surface area contributed by atoms with Crippen molar-refractivity contribution in [3.05, 3.63) is 35.4 Å². The summed E-state index contributed by atoms with van der Waals surface area (Å²) in [5.41, 5.74) is 2.11. The Morgan fingerprint density at radius 3 is 2.55 bits per heavy atom. The summed E-state index contributed by atoms with van der Waals surface area (Å²) < 4.78 is 6.65. The van der Waals surface area contributed by atoms with Gasteiger partial charge in [-0.1, -0.05) is 12.1 Å². The molecular weight excluding hydrogens is 280 g/mol. The lowest BCUT2D eigenvalue weighted by atomic mass is 9.89. The molecule has 2 aromatic rings. The van der Waals surface area contributed by atoms with Gasteiger partial charge in [0.05, 0.1) is 24.8 Å². The molecule has 1 aliphatic heterocycles. The topological polar surface area (TPSA) is 99.9 Å². The van der Waals surface area contributed by atoms with Gasteiger partial charge in [-0.15, -0.1) is 5.10 Å². The van der Waals surface area contributed by atoms with Crippen LogP contribution in [-0.4, -0.2) is 27.6 Å². The van der Waals surface area contributed by atoms with E-state index in [1.165, 1.54) is 7.11 Å². The van der Waals surface area contributed by atoms with Gasteiger partial charge in [-0.25, -0.2) is 9.67 Å². The summed E-state index contributed by atoms with van der Waals surface area (Å²) in [5.74, 6) is -0.0398. The van der Waals surface area contributed by atoms with Crippen molar-refractivity contribution >= 4 is 11.7 Å². The highest BCUT2D eigenvalue weighted by Crippen LogP contribution is 2.35. The summed E-state index contributed by atoms with van der Waals surface area (Å²) in [6.45, 7) is 1.80. The van der Waals surface area contributed by atoms with Crippen LogP contribution in [0.3, 0.4) is 0 Å². The standard InChI is InChI=1S/C15H12N6O/c1-9-12(8-17)13(11-5-3-10(7-16)4-6-11)21-14(18-9)19-15(20-21)22-2/h3-6,12-13H,1-2H3. The summed E-state index contributed by atoms with van der Waals surface area (Å²) in [4.78, 5) is 8.51. The van der Waals surface area contributed by atoms with Crippen LogP contribution in [0.4, 0.5) is 5.95 Å². The molecule has 0 spiro atoms. The predicted octanol–water partition coefficient (Wildman–Crippen LogP) is 1.99. The summed E-state index contributed by atoms with van der Waals surface area (Å²) in [7, 11) is 1.48. The summed E-state index contributed by atoms with van der Waals surface area (Å²) in [6.07, 6.45) is 0. The maximum absolute atomic E-state index is 9.51. The highest BCUT2D eigenvalue weighted by molar-refractivity contribution is 5.90. The predicted molar refractivity (Wildman–Crippen MR) is 77.7 cm³/mol. The van der Waals surface area contributed by atoms with E-state index in [0.717, 1.165) is 5.56 Å². The molecule has 0 saturated carbocycles. The van der Waals surface area contributed by atoms with Crippen LogP contribution in [0.5, 0.6) is 6.01 Å². The number of benzene rings is 1. The third-order valence-corrected chi connectivity index (χ3v) is 3.60. The van der Waals surface area contributed by atoms with Crippen LogP contribution in [0.15, 0.2) is 29.3 Å². The van der Waals surface area contributed by atoms with E-state index in [-0.39, 0.29) is 12.1 Å². The van der Waals surface area contributed by atoms with Crippen LogP contribution >= 0.6 is 0 Å². The van der Waals surface area contributed by atoms with E-state index in [4.69, 9.17) is 10.00 Å². The van der Waals surface area contributed by atoms with Crippen LogP contribution in [-0.2, 0) is 0 Å². The van der Waals surface area contributed by atoms with Crippen molar-refractivity contribution in [2.75, 3.05) is 7.11 Å². The second-order valence-electron chi connectivity index (χ2n) is 4.88. The number of hydrogen-bond acceptors (Lipinski definition) is 6. The minimum Gasteiger partial charge on any atom is -0.466 e. The largest absolute Gasteiger partial charge is 0.466 e. The smallest absolute Gasteiger partial charge is 0.337 e. The summed E-state index contributed by atoms with van der Waals surface area (Å²) in [5, 5.41) is 22.7. The maximum Gasteiger partial charge on any atom is 0.337 e. The normalized spacial score (nSPS) is 19.5. The molecule has 22 heavy (non-hydrogen) atoms. The second kappa shape index (κ2) is 5.30. The number of fused-ring (bicyclic) bond motifs is 1. The van der Waals surface area contributed by atoms with Gasteiger partial charge in [-0.05, 0) is 24.6 Å². The zero-order chi connectivity index (χ0) is 15.7. The van der Waals surface area contributed by atoms with E-state index in [2.05, 4.69) is 27.2 Å². The Bertz CT molecular complexity index is 821. The molecule has 0 saturated heterocycles. The minimum absolute atomic E-state index is 0.212. The first kappa shape index (κ1) is 13.8. The monoisotopic (exact) mass is 292 g/mol. The molecule has 1 aliphatic rings. The molecule has 0 N–H and O–H groups in total. The Kier molecular flexibility index (Phi) is 3.32. The van der Waals surface area contributed by atoms with Crippen LogP contribution < -0.4 is 4.74 Å². The molecule has 2 unspecified atom stereocenters. The molecule has 2 atom stereocenters. The Balaban J connectivity index is 2.14. The molecule has 7 nitrogen and oxygen atoms in total. The highest BCUT2D eigenvalue weighted by Gasteiger charge is 2.34. The van der Waals surface area contributed by atoms with E-state index in [0.29, 0.717) is 17.2 Å². The van der Waals surface area contributed by atoms with Gasteiger partial charge in [-0.2, -0.15) is 15.5 Å². The van der Waals surface area contributed by atoms with Gasteiger partial charge in [0.2, 0.25) is 0 Å². The average molecular weight is 292 g/mol. The molecule has 0 fully saturated rings. The van der Waals surface area contributed by atoms with E-state index in [1.54, 1.807) is 23.7 Å². The first-order valence-corrected chi connectivity index (χ1v) is 6.63. The zero-order valence-corrected chi connectivity index (χ0v) is 12.1. The molecule has 108 valence electrons. The van der Waals surface area contributed by atoms with E-state index < -0.39 is 5.92 Å². The van der Waals surface area contributed by atoms with Crippen molar-refractivity contribution in [2.45, 2.75) is 13.0 Å². The van der Waals surface area contributed by atoms with Crippen molar-refractivity contribution in [2.24, 2.45) is 10.9 Å². The van der Waals surface area contributed by atoms with Gasteiger partial charge in [0.1, 0.15) is 12.0 Å². The fourth-order valence-electron chi connectivity index (χ4n) is 2.49. The van der Waals surface area contributed by atoms with Crippen molar-refractivity contribution in [1.29, 1.82) is 10.5 Å². The number of rotatable bonds is 2. The van der Waals surface area contributed by atoms with Crippen LogP contribution in [0, 0.1) is 28.6 Å². The average Bonchev–Trinajstić information content (AvgIpc) is 2.96. The SMILES string of the molecule is COc1nc2n(n1)C(c1ccc(C#N)cc1)C(C#N)C(C)=N2. The van der Waals surface area contributed by atoms with Crippen molar-refractivity contribution in [3.8, 4) is 18.1 Å². The molecule has 7 heteroatoms. The Labute approximate surface area is 127 Å². The molecule has 0 radical (unpaired) electrons. The lowest BCUT2D eigenvalue weighted by Crippen LogP contribution is -2.29. The number of nitriles is 2.